The fourth-order valence-electron chi connectivity index (χ4n) is 2.92. The second kappa shape index (κ2) is 7.71. The first kappa shape index (κ1) is 19.3. The van der Waals surface area contributed by atoms with Crippen LogP contribution in [0.5, 0.6) is 11.5 Å². The van der Waals surface area contributed by atoms with Crippen molar-refractivity contribution in [2.75, 3.05) is 7.11 Å². The monoisotopic (exact) mass is 321 g/mol. The number of methoxy groups -OCH3 is 1. The molecule has 23 heavy (non-hydrogen) atoms. The van der Waals surface area contributed by atoms with E-state index >= 15 is 0 Å². The number of benzene rings is 1. The van der Waals surface area contributed by atoms with E-state index in [-0.39, 0.29) is 16.9 Å². The summed E-state index contributed by atoms with van der Waals surface area (Å²) in [6.07, 6.45) is 1.01. The molecule has 0 spiro atoms. The molecule has 1 aromatic rings. The van der Waals surface area contributed by atoms with E-state index in [1.54, 1.807) is 7.11 Å². The molecule has 1 rings (SSSR count). The molecular weight excluding hydrogens is 290 g/mol. The Morgan fingerprint density at radius 3 is 2.04 bits per heavy atom. The van der Waals surface area contributed by atoms with Crippen LogP contribution in [-0.2, 0) is 4.79 Å². The number of hydrogen-bond acceptors (Lipinski definition) is 3. The summed E-state index contributed by atoms with van der Waals surface area (Å²) in [5.41, 5.74) is -0.124. The zero-order chi connectivity index (χ0) is 17.7. The number of carbonyl (C=O) groups is 1. The van der Waals surface area contributed by atoms with Crippen LogP contribution in [0.15, 0.2) is 24.3 Å². The van der Waals surface area contributed by atoms with E-state index < -0.39 is 6.10 Å². The first-order valence-electron chi connectivity index (χ1n) is 8.19. The maximum atomic E-state index is 12.5. The Balaban J connectivity index is 2.70. The predicted octanol–water partition coefficient (Wildman–Crippen LogP) is 4.18. The molecule has 0 aliphatic carbocycles. The van der Waals surface area contributed by atoms with E-state index in [0.29, 0.717) is 12.2 Å². The van der Waals surface area contributed by atoms with Gasteiger partial charge in [-0.1, -0.05) is 27.7 Å². The Bertz CT molecular complexity index is 500. The Morgan fingerprint density at radius 1 is 1.09 bits per heavy atom. The van der Waals surface area contributed by atoms with Gasteiger partial charge in [-0.2, -0.15) is 0 Å². The van der Waals surface area contributed by atoms with E-state index in [0.717, 1.165) is 12.2 Å². The molecule has 0 heterocycles. The highest BCUT2D eigenvalue weighted by Gasteiger charge is 2.30. The molecule has 0 saturated heterocycles. The van der Waals surface area contributed by atoms with Gasteiger partial charge in [-0.15, -0.1) is 0 Å². The van der Waals surface area contributed by atoms with Gasteiger partial charge in [0.15, 0.2) is 6.10 Å². The molecule has 4 nitrogen and oxygen atoms in total. The molecule has 0 saturated carbocycles. The van der Waals surface area contributed by atoms with Gasteiger partial charge >= 0.3 is 0 Å². The quantitative estimate of drug-likeness (QED) is 0.819. The number of ether oxygens (including phenoxy) is 2. The van der Waals surface area contributed by atoms with Gasteiger partial charge in [0, 0.05) is 5.54 Å². The molecule has 0 aromatic heterocycles. The van der Waals surface area contributed by atoms with Crippen LogP contribution in [0.25, 0.3) is 0 Å². The van der Waals surface area contributed by atoms with Crippen molar-refractivity contribution < 1.29 is 14.3 Å². The van der Waals surface area contributed by atoms with Crippen LogP contribution in [0, 0.1) is 5.41 Å². The van der Waals surface area contributed by atoms with Gasteiger partial charge in [-0.3, -0.25) is 4.79 Å². The third-order valence-corrected chi connectivity index (χ3v) is 3.43. The third kappa shape index (κ3) is 6.93. The highest BCUT2D eigenvalue weighted by Crippen LogP contribution is 2.27. The highest BCUT2D eigenvalue weighted by molar-refractivity contribution is 5.81. The first-order chi connectivity index (χ1) is 10.6. The topological polar surface area (TPSA) is 47.6 Å². The number of nitrogens with one attached hydrogen (secondary N) is 1. The summed E-state index contributed by atoms with van der Waals surface area (Å²) in [4.78, 5) is 12.5. The van der Waals surface area contributed by atoms with Crippen molar-refractivity contribution in [2.45, 2.75) is 66.0 Å². The fourth-order valence-corrected chi connectivity index (χ4v) is 2.92. The zero-order valence-electron chi connectivity index (χ0n) is 15.5. The van der Waals surface area contributed by atoms with Gasteiger partial charge in [-0.05, 0) is 56.4 Å². The van der Waals surface area contributed by atoms with Gasteiger partial charge in [0.2, 0.25) is 0 Å². The second-order valence-electron chi connectivity index (χ2n) is 7.80. The number of rotatable bonds is 7. The molecule has 0 bridgehead atoms. The second-order valence-corrected chi connectivity index (χ2v) is 7.80. The van der Waals surface area contributed by atoms with Crippen molar-refractivity contribution >= 4 is 5.91 Å². The van der Waals surface area contributed by atoms with Crippen LogP contribution >= 0.6 is 0 Å². The molecule has 130 valence electrons. The van der Waals surface area contributed by atoms with Gasteiger partial charge in [0.1, 0.15) is 11.5 Å². The van der Waals surface area contributed by atoms with Crippen LogP contribution < -0.4 is 14.8 Å². The van der Waals surface area contributed by atoms with Crippen LogP contribution in [0.1, 0.15) is 54.4 Å². The molecular formula is C19H31NO3. The van der Waals surface area contributed by atoms with Crippen molar-refractivity contribution in [3.8, 4) is 11.5 Å². The van der Waals surface area contributed by atoms with Gasteiger partial charge in [0.25, 0.3) is 5.91 Å². The van der Waals surface area contributed by atoms with E-state index in [4.69, 9.17) is 9.47 Å². The molecule has 1 N–H and O–H groups in total. The minimum Gasteiger partial charge on any atom is -0.497 e. The maximum Gasteiger partial charge on any atom is 0.261 e. The maximum absolute atomic E-state index is 12.5. The van der Waals surface area contributed by atoms with Crippen molar-refractivity contribution in [2.24, 2.45) is 5.41 Å². The molecule has 0 aliphatic rings. The molecule has 0 fully saturated rings. The average Bonchev–Trinajstić information content (AvgIpc) is 2.42. The lowest BCUT2D eigenvalue weighted by Crippen LogP contribution is -2.50. The predicted molar refractivity (Wildman–Crippen MR) is 94.0 cm³/mol. The summed E-state index contributed by atoms with van der Waals surface area (Å²) < 4.78 is 11.0. The lowest BCUT2D eigenvalue weighted by atomic mass is 9.81. The van der Waals surface area contributed by atoms with Gasteiger partial charge in [-0.25, -0.2) is 0 Å². The van der Waals surface area contributed by atoms with Crippen LogP contribution in [0.3, 0.4) is 0 Å². The minimum absolute atomic E-state index is 0.0717. The fraction of sp³-hybridized carbons (Fsp3) is 0.632. The summed E-state index contributed by atoms with van der Waals surface area (Å²) >= 11 is 0. The highest BCUT2D eigenvalue weighted by atomic mass is 16.5. The number of hydrogen-bond donors (Lipinski definition) is 1. The smallest absolute Gasteiger partial charge is 0.261 e. The molecule has 1 atom stereocenters. The number of carbonyl (C=O) groups excluding carboxylic acids is 1. The van der Waals surface area contributed by atoms with Gasteiger partial charge in [0.05, 0.1) is 7.11 Å². The van der Waals surface area contributed by atoms with Crippen molar-refractivity contribution in [1.29, 1.82) is 0 Å². The molecule has 0 unspecified atom stereocenters. The van der Waals surface area contributed by atoms with E-state index in [2.05, 4.69) is 39.9 Å². The van der Waals surface area contributed by atoms with E-state index in [1.807, 2.05) is 31.2 Å². The van der Waals surface area contributed by atoms with E-state index in [9.17, 15) is 4.79 Å². The van der Waals surface area contributed by atoms with Crippen molar-refractivity contribution in [3.05, 3.63) is 24.3 Å². The summed E-state index contributed by atoms with van der Waals surface area (Å²) in [5.74, 6) is 1.36. The lowest BCUT2D eigenvalue weighted by molar-refractivity contribution is -0.130. The summed E-state index contributed by atoms with van der Waals surface area (Å²) in [6.45, 7) is 12.6. The standard InChI is InChI=1S/C19H31NO3/c1-8-16(23-15-11-9-14(22-7)10-12-15)17(21)20-19(5,6)13-18(2,3)4/h9-12,16H,8,13H2,1-7H3,(H,20,21)/t16-/m0/s1. The molecule has 4 heteroatoms. The molecule has 1 amide bonds. The van der Waals surface area contributed by atoms with Gasteiger partial charge < -0.3 is 14.8 Å². The zero-order valence-corrected chi connectivity index (χ0v) is 15.5. The Morgan fingerprint density at radius 2 is 1.61 bits per heavy atom. The first-order valence-corrected chi connectivity index (χ1v) is 8.19. The minimum atomic E-state index is -0.498. The van der Waals surface area contributed by atoms with E-state index in [1.165, 1.54) is 0 Å². The Hall–Kier alpha value is -1.71. The Labute approximate surface area is 140 Å². The lowest BCUT2D eigenvalue weighted by Gasteiger charge is -2.34. The van der Waals surface area contributed by atoms with Crippen LogP contribution in [0.4, 0.5) is 0 Å². The molecule has 0 aliphatic heterocycles. The third-order valence-electron chi connectivity index (χ3n) is 3.43. The van der Waals surface area contributed by atoms with Crippen LogP contribution in [0.2, 0.25) is 0 Å². The van der Waals surface area contributed by atoms with Crippen molar-refractivity contribution in [3.63, 3.8) is 0 Å². The largest absolute Gasteiger partial charge is 0.497 e. The normalized spacial score (nSPS) is 13.3. The number of amides is 1. The molecule has 0 radical (unpaired) electrons. The Kier molecular flexibility index (Phi) is 6.48. The molecule has 1 aromatic carbocycles. The van der Waals surface area contributed by atoms with Crippen molar-refractivity contribution in [1.82, 2.24) is 5.32 Å². The van der Waals surface area contributed by atoms with Crippen LogP contribution in [-0.4, -0.2) is 24.7 Å². The SMILES string of the molecule is CC[C@H](Oc1ccc(OC)cc1)C(=O)NC(C)(C)CC(C)(C)C. The summed E-state index contributed by atoms with van der Waals surface area (Å²) in [6, 6.07) is 7.27. The average molecular weight is 321 g/mol. The summed E-state index contributed by atoms with van der Waals surface area (Å²) in [5, 5.41) is 3.12. The summed E-state index contributed by atoms with van der Waals surface area (Å²) in [7, 11) is 1.62.